The van der Waals surface area contributed by atoms with Gasteiger partial charge in [0.2, 0.25) is 0 Å². The van der Waals surface area contributed by atoms with Gasteiger partial charge in [0, 0.05) is 18.4 Å². The molecule has 0 spiro atoms. The van der Waals surface area contributed by atoms with Crippen molar-refractivity contribution in [1.29, 1.82) is 0 Å². The molecule has 0 aromatic heterocycles. The fourth-order valence-electron chi connectivity index (χ4n) is 4.96. The quantitative estimate of drug-likeness (QED) is 0.474. The minimum absolute atomic E-state index is 0.134. The highest BCUT2D eigenvalue weighted by Crippen LogP contribution is 2.52. The Kier molecular flexibility index (Phi) is 5.34. The molecule has 5 nitrogen and oxygen atoms in total. The number of hydrogen-bond acceptors (Lipinski definition) is 5. The van der Waals surface area contributed by atoms with E-state index in [0.29, 0.717) is 6.42 Å². The summed E-state index contributed by atoms with van der Waals surface area (Å²) in [6.07, 6.45) is 4.43. The van der Waals surface area contributed by atoms with Gasteiger partial charge in [0.1, 0.15) is 12.2 Å². The van der Waals surface area contributed by atoms with Gasteiger partial charge in [-0.05, 0) is 44.2 Å². The van der Waals surface area contributed by atoms with E-state index in [-0.39, 0.29) is 35.2 Å². The number of aliphatic hydroxyl groups is 1. The smallest absolute Gasteiger partial charge is 0.331 e. The van der Waals surface area contributed by atoms with Gasteiger partial charge in [-0.15, -0.1) is 0 Å². The molecule has 2 aliphatic heterocycles. The van der Waals surface area contributed by atoms with Gasteiger partial charge >= 0.3 is 5.97 Å². The fourth-order valence-corrected chi connectivity index (χ4v) is 4.96. The molecular weight excluding hydrogens is 368 g/mol. The van der Waals surface area contributed by atoms with Crippen LogP contribution < -0.4 is 0 Å². The highest BCUT2D eigenvalue weighted by molar-refractivity contribution is 5.87. The predicted octanol–water partition coefficient (Wildman–Crippen LogP) is 3.74. The number of ether oxygens (including phenoxy) is 3. The number of fused-ring (bicyclic) bond motifs is 2. The zero-order valence-corrected chi connectivity index (χ0v) is 17.7. The number of esters is 1. The summed E-state index contributed by atoms with van der Waals surface area (Å²) in [5.41, 5.74) is 0.327. The molecule has 0 amide bonds. The molecule has 2 heterocycles. The van der Waals surface area contributed by atoms with Crippen LogP contribution in [0.25, 0.3) is 6.08 Å². The van der Waals surface area contributed by atoms with E-state index in [0.717, 1.165) is 18.4 Å². The van der Waals surface area contributed by atoms with Crippen molar-refractivity contribution in [2.75, 3.05) is 0 Å². The molecule has 1 N–H and O–H groups in total. The Morgan fingerprint density at radius 3 is 2.62 bits per heavy atom. The number of aliphatic hydroxyl groups excluding tert-OH is 1. The van der Waals surface area contributed by atoms with Gasteiger partial charge in [0.25, 0.3) is 0 Å². The van der Waals surface area contributed by atoms with Crippen LogP contribution >= 0.6 is 0 Å². The molecular formula is C24H32O5. The zero-order valence-electron chi connectivity index (χ0n) is 17.7. The molecule has 158 valence electrons. The van der Waals surface area contributed by atoms with Crippen LogP contribution in [0.2, 0.25) is 0 Å². The maximum absolute atomic E-state index is 12.6. The fraction of sp³-hybridized carbons (Fsp3) is 0.625. The molecule has 1 aromatic carbocycles. The van der Waals surface area contributed by atoms with E-state index in [2.05, 4.69) is 27.7 Å². The lowest BCUT2D eigenvalue weighted by atomic mass is 9.76. The Bertz CT molecular complexity index is 775. The second-order valence-electron chi connectivity index (χ2n) is 9.54. The second kappa shape index (κ2) is 7.53. The third kappa shape index (κ3) is 4.27. The highest BCUT2D eigenvalue weighted by atomic mass is 16.6. The van der Waals surface area contributed by atoms with E-state index >= 15 is 0 Å². The Labute approximate surface area is 173 Å². The molecule has 3 fully saturated rings. The maximum Gasteiger partial charge on any atom is 0.331 e. The molecule has 1 saturated carbocycles. The molecule has 1 aromatic rings. The molecule has 2 saturated heterocycles. The Morgan fingerprint density at radius 2 is 1.93 bits per heavy atom. The minimum atomic E-state index is -0.671. The van der Waals surface area contributed by atoms with Gasteiger partial charge in [0.15, 0.2) is 0 Å². The standard InChI is InChI=1S/C24H32O5/c1-15(2)20-17(27-19(25)11-10-16-8-6-5-7-9-16)14-24(4)18(28-24)12-13-23(3)22(29-23)21(20)26/h5-11,15,17-18,20-22,26H,12-14H2,1-4H3/b11-10+/t17-,18+,20-,21-,22-,23+,24-/m1/s1. The summed E-state index contributed by atoms with van der Waals surface area (Å²) >= 11 is 0. The number of rotatable bonds is 4. The first-order valence-electron chi connectivity index (χ1n) is 10.7. The zero-order chi connectivity index (χ0) is 20.8. The summed E-state index contributed by atoms with van der Waals surface area (Å²) in [4.78, 5) is 12.6. The Balaban J connectivity index is 1.54. The lowest BCUT2D eigenvalue weighted by Gasteiger charge is -2.34. The molecule has 0 bridgehead atoms. The van der Waals surface area contributed by atoms with Gasteiger partial charge in [-0.3, -0.25) is 0 Å². The maximum atomic E-state index is 12.6. The van der Waals surface area contributed by atoms with E-state index in [1.807, 2.05) is 30.3 Å². The van der Waals surface area contributed by atoms with Crippen molar-refractivity contribution in [2.24, 2.45) is 11.8 Å². The topological polar surface area (TPSA) is 71.6 Å². The number of benzene rings is 1. The normalized spacial score (nSPS) is 41.5. The predicted molar refractivity (Wildman–Crippen MR) is 110 cm³/mol. The van der Waals surface area contributed by atoms with E-state index in [9.17, 15) is 9.90 Å². The first-order valence-corrected chi connectivity index (χ1v) is 10.7. The number of epoxide rings is 2. The van der Waals surface area contributed by atoms with Crippen molar-refractivity contribution in [3.05, 3.63) is 42.0 Å². The first kappa shape index (κ1) is 20.6. The molecule has 7 atom stereocenters. The van der Waals surface area contributed by atoms with E-state index in [4.69, 9.17) is 14.2 Å². The van der Waals surface area contributed by atoms with E-state index < -0.39 is 18.2 Å². The van der Waals surface area contributed by atoms with Crippen molar-refractivity contribution in [1.82, 2.24) is 0 Å². The average Bonchev–Trinajstić information content (AvgIpc) is 3.53. The summed E-state index contributed by atoms with van der Waals surface area (Å²) in [5, 5.41) is 11.1. The minimum Gasteiger partial charge on any atom is -0.459 e. The largest absolute Gasteiger partial charge is 0.459 e. The van der Waals surface area contributed by atoms with Crippen LogP contribution in [0.4, 0.5) is 0 Å². The van der Waals surface area contributed by atoms with Crippen molar-refractivity contribution >= 4 is 12.0 Å². The Morgan fingerprint density at radius 1 is 1.21 bits per heavy atom. The molecule has 5 heteroatoms. The third-order valence-electron chi connectivity index (χ3n) is 6.87. The van der Waals surface area contributed by atoms with Gasteiger partial charge in [-0.2, -0.15) is 0 Å². The summed E-state index contributed by atoms with van der Waals surface area (Å²) in [5.74, 6) is -0.473. The third-order valence-corrected chi connectivity index (χ3v) is 6.87. The molecule has 4 rings (SSSR count). The number of hydrogen-bond donors (Lipinski definition) is 1. The summed E-state index contributed by atoms with van der Waals surface area (Å²) in [7, 11) is 0. The van der Waals surface area contributed by atoms with Crippen molar-refractivity contribution < 1.29 is 24.1 Å². The second-order valence-corrected chi connectivity index (χ2v) is 9.54. The Hall–Kier alpha value is -1.69. The van der Waals surface area contributed by atoms with Gasteiger partial charge in [-0.25, -0.2) is 4.79 Å². The van der Waals surface area contributed by atoms with Crippen LogP contribution in [-0.2, 0) is 19.0 Å². The highest BCUT2D eigenvalue weighted by Gasteiger charge is 2.63. The molecule has 0 unspecified atom stereocenters. The van der Waals surface area contributed by atoms with Crippen molar-refractivity contribution in [3.8, 4) is 0 Å². The van der Waals surface area contributed by atoms with Crippen LogP contribution in [0.3, 0.4) is 0 Å². The van der Waals surface area contributed by atoms with Gasteiger partial charge in [-0.1, -0.05) is 44.2 Å². The van der Waals surface area contributed by atoms with Crippen molar-refractivity contribution in [2.45, 2.75) is 82.6 Å². The van der Waals surface area contributed by atoms with Crippen LogP contribution in [0.15, 0.2) is 36.4 Å². The van der Waals surface area contributed by atoms with Gasteiger partial charge < -0.3 is 19.3 Å². The van der Waals surface area contributed by atoms with Crippen LogP contribution in [-0.4, -0.2) is 46.7 Å². The van der Waals surface area contributed by atoms with E-state index in [1.54, 1.807) is 6.08 Å². The summed E-state index contributed by atoms with van der Waals surface area (Å²) in [6, 6.07) is 9.65. The monoisotopic (exact) mass is 400 g/mol. The van der Waals surface area contributed by atoms with Crippen LogP contribution in [0, 0.1) is 11.8 Å². The number of carbonyl (C=O) groups is 1. The lowest BCUT2D eigenvalue weighted by molar-refractivity contribution is -0.152. The first-order chi connectivity index (χ1) is 13.7. The summed E-state index contributed by atoms with van der Waals surface area (Å²) in [6.45, 7) is 8.27. The van der Waals surface area contributed by atoms with E-state index in [1.165, 1.54) is 6.08 Å². The van der Waals surface area contributed by atoms with Crippen molar-refractivity contribution in [3.63, 3.8) is 0 Å². The SMILES string of the molecule is CC(C)[C@H]1[C@@H](O)[C@H]2O[C@@]2(C)CC[C@@H]2O[C@]2(C)C[C@H]1OC(=O)/C=C/c1ccccc1. The van der Waals surface area contributed by atoms with Gasteiger partial charge in [0.05, 0.1) is 23.4 Å². The number of carbonyl (C=O) groups excluding carboxylic acids is 1. The molecule has 1 aliphatic carbocycles. The molecule has 29 heavy (non-hydrogen) atoms. The molecule has 0 radical (unpaired) electrons. The van der Waals surface area contributed by atoms with Crippen LogP contribution in [0.1, 0.15) is 52.5 Å². The van der Waals surface area contributed by atoms with Crippen LogP contribution in [0.5, 0.6) is 0 Å². The average molecular weight is 401 g/mol. The molecule has 3 aliphatic rings. The summed E-state index contributed by atoms with van der Waals surface area (Å²) < 4.78 is 17.9. The lowest BCUT2D eigenvalue weighted by Crippen LogP contribution is -2.45.